The molecule has 0 amide bonds. The van der Waals surface area contributed by atoms with E-state index in [0.717, 1.165) is 24.5 Å². The fourth-order valence-electron chi connectivity index (χ4n) is 1.44. The minimum atomic E-state index is 0.781. The molecular formula is C13H15NO. The van der Waals surface area contributed by atoms with E-state index in [1.807, 2.05) is 36.7 Å². The molecule has 0 bridgehead atoms. The molecule has 15 heavy (non-hydrogen) atoms. The number of benzene rings is 1. The Balaban J connectivity index is 2.11. The van der Waals surface area contributed by atoms with Gasteiger partial charge < -0.3 is 9.30 Å². The molecule has 0 unspecified atom stereocenters. The predicted octanol–water partition coefficient (Wildman–Crippen LogP) is 3.27. The van der Waals surface area contributed by atoms with Gasteiger partial charge in [0.2, 0.25) is 0 Å². The van der Waals surface area contributed by atoms with Crippen molar-refractivity contribution < 1.29 is 4.74 Å². The van der Waals surface area contributed by atoms with Crippen molar-refractivity contribution >= 4 is 0 Å². The quantitative estimate of drug-likeness (QED) is 0.740. The second-order valence-electron chi connectivity index (χ2n) is 3.43. The van der Waals surface area contributed by atoms with Crippen molar-refractivity contribution in [3.05, 3.63) is 48.8 Å². The summed E-state index contributed by atoms with van der Waals surface area (Å²) < 4.78 is 7.59. The monoisotopic (exact) mass is 201 g/mol. The summed E-state index contributed by atoms with van der Waals surface area (Å²) in [6.45, 7) is 2.89. The highest BCUT2D eigenvalue weighted by molar-refractivity contribution is 5.37. The Morgan fingerprint density at radius 3 is 2.33 bits per heavy atom. The lowest BCUT2D eigenvalue weighted by molar-refractivity contribution is 0.317. The first-order valence-electron chi connectivity index (χ1n) is 5.26. The standard InChI is InChI=1S/C13H15NO/c1-2-11-15-13-7-5-12(6-8-13)14-9-3-4-10-14/h3-10H,2,11H2,1H3. The highest BCUT2D eigenvalue weighted by Crippen LogP contribution is 2.15. The first kappa shape index (κ1) is 9.84. The van der Waals surface area contributed by atoms with Crippen LogP contribution in [-0.4, -0.2) is 11.2 Å². The van der Waals surface area contributed by atoms with E-state index in [-0.39, 0.29) is 0 Å². The lowest BCUT2D eigenvalue weighted by Gasteiger charge is -2.06. The summed E-state index contributed by atoms with van der Waals surface area (Å²) in [4.78, 5) is 0. The Bertz CT molecular complexity index is 389. The molecule has 2 rings (SSSR count). The van der Waals surface area contributed by atoms with E-state index < -0.39 is 0 Å². The maximum Gasteiger partial charge on any atom is 0.119 e. The van der Waals surface area contributed by atoms with Gasteiger partial charge in [0.1, 0.15) is 5.75 Å². The summed E-state index contributed by atoms with van der Waals surface area (Å²) in [6.07, 6.45) is 5.10. The third-order valence-electron chi connectivity index (χ3n) is 2.21. The van der Waals surface area contributed by atoms with Crippen molar-refractivity contribution in [2.24, 2.45) is 0 Å². The molecular weight excluding hydrogens is 186 g/mol. The van der Waals surface area contributed by atoms with Crippen LogP contribution >= 0.6 is 0 Å². The van der Waals surface area contributed by atoms with Crippen LogP contribution in [0.2, 0.25) is 0 Å². The molecule has 1 aromatic carbocycles. The van der Waals surface area contributed by atoms with Gasteiger partial charge in [-0.25, -0.2) is 0 Å². The number of rotatable bonds is 4. The summed E-state index contributed by atoms with van der Waals surface area (Å²) in [5.74, 6) is 0.938. The van der Waals surface area contributed by atoms with Crippen LogP contribution in [0.4, 0.5) is 0 Å². The molecule has 0 spiro atoms. The molecule has 1 heterocycles. The SMILES string of the molecule is CCCOc1ccc(-n2cccc2)cc1. The van der Waals surface area contributed by atoms with E-state index in [1.54, 1.807) is 0 Å². The average Bonchev–Trinajstić information content (AvgIpc) is 2.80. The first-order valence-corrected chi connectivity index (χ1v) is 5.26. The van der Waals surface area contributed by atoms with E-state index in [4.69, 9.17) is 4.74 Å². The molecule has 0 saturated heterocycles. The summed E-state index contributed by atoms with van der Waals surface area (Å²) in [5.41, 5.74) is 1.16. The first-order chi connectivity index (χ1) is 7.40. The smallest absolute Gasteiger partial charge is 0.119 e. The van der Waals surface area contributed by atoms with E-state index in [1.165, 1.54) is 0 Å². The zero-order valence-electron chi connectivity index (χ0n) is 8.89. The molecule has 0 aliphatic carbocycles. The van der Waals surface area contributed by atoms with Crippen LogP contribution in [0.25, 0.3) is 5.69 Å². The van der Waals surface area contributed by atoms with Gasteiger partial charge in [-0.2, -0.15) is 0 Å². The van der Waals surface area contributed by atoms with E-state index in [0.29, 0.717) is 0 Å². The number of hydrogen-bond acceptors (Lipinski definition) is 1. The minimum absolute atomic E-state index is 0.781. The second kappa shape index (κ2) is 4.69. The van der Waals surface area contributed by atoms with Gasteiger partial charge in [-0.1, -0.05) is 6.92 Å². The normalized spacial score (nSPS) is 10.2. The molecule has 1 aromatic heterocycles. The van der Waals surface area contributed by atoms with Gasteiger partial charge in [0.05, 0.1) is 6.61 Å². The molecule has 0 N–H and O–H groups in total. The lowest BCUT2D eigenvalue weighted by Crippen LogP contribution is -1.95. The predicted molar refractivity (Wildman–Crippen MR) is 61.6 cm³/mol. The topological polar surface area (TPSA) is 14.2 Å². The Kier molecular flexibility index (Phi) is 3.08. The maximum absolute atomic E-state index is 5.52. The molecule has 2 aromatic rings. The van der Waals surface area contributed by atoms with Gasteiger partial charge in [-0.3, -0.25) is 0 Å². The minimum Gasteiger partial charge on any atom is -0.494 e. The third-order valence-corrected chi connectivity index (χ3v) is 2.21. The van der Waals surface area contributed by atoms with Crippen LogP contribution in [0.5, 0.6) is 5.75 Å². The van der Waals surface area contributed by atoms with Gasteiger partial charge in [-0.15, -0.1) is 0 Å². The molecule has 78 valence electrons. The zero-order chi connectivity index (χ0) is 10.5. The van der Waals surface area contributed by atoms with Crippen LogP contribution in [0, 0.1) is 0 Å². The molecule has 2 nitrogen and oxygen atoms in total. The Morgan fingerprint density at radius 1 is 1.07 bits per heavy atom. The number of nitrogens with zero attached hydrogens (tertiary/aromatic N) is 1. The van der Waals surface area contributed by atoms with Gasteiger partial charge >= 0.3 is 0 Å². The average molecular weight is 201 g/mol. The summed E-state index contributed by atoms with van der Waals surface area (Å²) in [7, 11) is 0. The van der Waals surface area contributed by atoms with E-state index in [2.05, 4.69) is 23.6 Å². The van der Waals surface area contributed by atoms with Gasteiger partial charge in [-0.05, 0) is 42.8 Å². The van der Waals surface area contributed by atoms with Crippen LogP contribution in [0.3, 0.4) is 0 Å². The van der Waals surface area contributed by atoms with Crippen molar-refractivity contribution in [1.29, 1.82) is 0 Å². The maximum atomic E-state index is 5.52. The van der Waals surface area contributed by atoms with Crippen LogP contribution < -0.4 is 4.74 Å². The fourth-order valence-corrected chi connectivity index (χ4v) is 1.44. The second-order valence-corrected chi connectivity index (χ2v) is 3.43. The molecule has 0 radical (unpaired) electrons. The van der Waals surface area contributed by atoms with Crippen LogP contribution in [-0.2, 0) is 0 Å². The zero-order valence-corrected chi connectivity index (χ0v) is 8.89. The van der Waals surface area contributed by atoms with Crippen molar-refractivity contribution in [2.75, 3.05) is 6.61 Å². The van der Waals surface area contributed by atoms with Crippen LogP contribution in [0.1, 0.15) is 13.3 Å². The van der Waals surface area contributed by atoms with Gasteiger partial charge in [0, 0.05) is 18.1 Å². The number of hydrogen-bond donors (Lipinski definition) is 0. The fraction of sp³-hybridized carbons (Fsp3) is 0.231. The van der Waals surface area contributed by atoms with Crippen LogP contribution in [0.15, 0.2) is 48.8 Å². The number of ether oxygens (including phenoxy) is 1. The van der Waals surface area contributed by atoms with Crippen molar-refractivity contribution in [1.82, 2.24) is 4.57 Å². The lowest BCUT2D eigenvalue weighted by atomic mass is 10.3. The molecule has 2 heteroatoms. The van der Waals surface area contributed by atoms with Crippen molar-refractivity contribution in [3.8, 4) is 11.4 Å². The molecule has 0 atom stereocenters. The molecule has 0 aliphatic heterocycles. The van der Waals surface area contributed by atoms with E-state index >= 15 is 0 Å². The summed E-state index contributed by atoms with van der Waals surface area (Å²) in [5, 5.41) is 0. The highest BCUT2D eigenvalue weighted by atomic mass is 16.5. The molecule has 0 saturated carbocycles. The largest absolute Gasteiger partial charge is 0.494 e. The van der Waals surface area contributed by atoms with Gasteiger partial charge in [0.25, 0.3) is 0 Å². The van der Waals surface area contributed by atoms with Crippen molar-refractivity contribution in [3.63, 3.8) is 0 Å². The molecule has 0 aliphatic rings. The van der Waals surface area contributed by atoms with E-state index in [9.17, 15) is 0 Å². The molecule has 0 fully saturated rings. The van der Waals surface area contributed by atoms with Crippen molar-refractivity contribution in [2.45, 2.75) is 13.3 Å². The third kappa shape index (κ3) is 2.40. The summed E-state index contributed by atoms with van der Waals surface area (Å²) >= 11 is 0. The Morgan fingerprint density at radius 2 is 1.73 bits per heavy atom. The Hall–Kier alpha value is -1.70. The Labute approximate surface area is 90.1 Å². The number of aromatic nitrogens is 1. The summed E-state index contributed by atoms with van der Waals surface area (Å²) in [6, 6.07) is 12.2. The highest BCUT2D eigenvalue weighted by Gasteiger charge is 1.95. The van der Waals surface area contributed by atoms with Gasteiger partial charge in [0.15, 0.2) is 0 Å².